The predicted octanol–water partition coefficient (Wildman–Crippen LogP) is 1.98. The molecule has 1 atom stereocenters. The molecule has 7 heteroatoms. The molecule has 3 heterocycles. The summed E-state index contributed by atoms with van der Waals surface area (Å²) in [5.74, 6) is -0.340. The zero-order valence-electron chi connectivity index (χ0n) is 12.4. The highest BCUT2D eigenvalue weighted by atomic mass is 19.1. The number of benzene rings is 1. The smallest absolute Gasteiger partial charge is 0.149 e. The van der Waals surface area contributed by atoms with Crippen LogP contribution in [-0.4, -0.2) is 38.6 Å². The van der Waals surface area contributed by atoms with Gasteiger partial charge in [-0.3, -0.25) is 4.98 Å². The topological polar surface area (TPSA) is 77.9 Å². The van der Waals surface area contributed by atoms with Gasteiger partial charge in [-0.25, -0.2) is 4.39 Å². The Hall–Kier alpha value is -2.54. The van der Waals surface area contributed by atoms with E-state index in [-0.39, 0.29) is 5.82 Å². The summed E-state index contributed by atoms with van der Waals surface area (Å²) in [4.78, 5) is 6.19. The van der Waals surface area contributed by atoms with Crippen LogP contribution in [0.15, 0.2) is 36.7 Å². The van der Waals surface area contributed by atoms with Gasteiger partial charge in [-0.2, -0.15) is 15.4 Å². The number of hydrogen-bond donors (Lipinski definition) is 2. The molecule has 2 aromatic heterocycles. The van der Waals surface area contributed by atoms with Gasteiger partial charge < -0.3 is 10.0 Å². The summed E-state index contributed by atoms with van der Waals surface area (Å²) >= 11 is 0. The fraction of sp³-hybridized carbons (Fsp3) is 0.312. The van der Waals surface area contributed by atoms with Gasteiger partial charge in [0.1, 0.15) is 22.6 Å². The Kier molecular flexibility index (Phi) is 3.23. The van der Waals surface area contributed by atoms with Crippen molar-refractivity contribution in [2.45, 2.75) is 18.4 Å². The third kappa shape index (κ3) is 2.33. The number of pyridine rings is 1. The van der Waals surface area contributed by atoms with Crippen LogP contribution in [-0.2, 0) is 5.60 Å². The number of H-pyrrole nitrogens is 1. The van der Waals surface area contributed by atoms with E-state index >= 15 is 0 Å². The Morgan fingerprint density at radius 1 is 1.30 bits per heavy atom. The molecule has 1 aliphatic heterocycles. The molecular weight excluding hydrogens is 297 g/mol. The minimum absolute atomic E-state index is 0.340. The molecule has 2 N–H and O–H groups in total. The van der Waals surface area contributed by atoms with E-state index in [1.54, 1.807) is 18.5 Å². The van der Waals surface area contributed by atoms with E-state index in [1.165, 1.54) is 6.07 Å². The number of piperidine rings is 1. The van der Waals surface area contributed by atoms with Crippen LogP contribution in [0.3, 0.4) is 0 Å². The molecule has 1 fully saturated rings. The summed E-state index contributed by atoms with van der Waals surface area (Å²) in [6.07, 6.45) is 4.58. The number of hydrogen-bond acceptors (Lipinski definition) is 5. The second-order valence-electron chi connectivity index (χ2n) is 5.88. The molecule has 1 aliphatic rings. The normalized spacial score (nSPS) is 21.7. The molecule has 0 saturated carbocycles. The maximum absolute atomic E-state index is 14.0. The summed E-state index contributed by atoms with van der Waals surface area (Å²) < 4.78 is 14.0. The van der Waals surface area contributed by atoms with Crippen LogP contribution in [0.5, 0.6) is 0 Å². The number of nitrogens with zero attached hydrogens (tertiary/aromatic N) is 4. The first-order valence-corrected chi connectivity index (χ1v) is 7.54. The van der Waals surface area contributed by atoms with E-state index in [0.29, 0.717) is 24.2 Å². The van der Waals surface area contributed by atoms with E-state index in [0.717, 1.165) is 24.0 Å². The number of nitrogens with one attached hydrogen (secondary N) is 1. The number of rotatable bonds is 2. The van der Waals surface area contributed by atoms with Gasteiger partial charge in [0.05, 0.1) is 12.7 Å². The van der Waals surface area contributed by atoms with E-state index < -0.39 is 5.60 Å². The zero-order valence-corrected chi connectivity index (χ0v) is 12.4. The SMILES string of the molecule is OC1(c2cn[nH]n2)CCCN(c2ccnc3c(F)cccc23)C1. The second-order valence-corrected chi connectivity index (χ2v) is 5.88. The summed E-state index contributed by atoms with van der Waals surface area (Å²) in [7, 11) is 0. The van der Waals surface area contributed by atoms with E-state index in [9.17, 15) is 9.50 Å². The average Bonchev–Trinajstić information content (AvgIpc) is 3.10. The molecule has 4 rings (SSSR count). The third-order valence-electron chi connectivity index (χ3n) is 4.40. The van der Waals surface area contributed by atoms with Gasteiger partial charge in [-0.05, 0) is 25.0 Å². The van der Waals surface area contributed by atoms with Crippen molar-refractivity contribution in [1.82, 2.24) is 20.4 Å². The Bertz CT molecular complexity index is 838. The Balaban J connectivity index is 1.75. The first kappa shape index (κ1) is 14.1. The lowest BCUT2D eigenvalue weighted by atomic mass is 9.89. The predicted molar refractivity (Wildman–Crippen MR) is 83.4 cm³/mol. The van der Waals surface area contributed by atoms with Crippen molar-refractivity contribution in [3.8, 4) is 0 Å². The number of halogens is 1. The van der Waals surface area contributed by atoms with Crippen LogP contribution < -0.4 is 4.90 Å². The Labute approximate surface area is 132 Å². The number of β-amino-alcohol motifs (C(OH)–C–C–N with tert-alkyl or cyclic N) is 1. The molecular formula is C16H16FN5O. The Morgan fingerprint density at radius 3 is 3.04 bits per heavy atom. The lowest BCUT2D eigenvalue weighted by molar-refractivity contribution is 0.0177. The fourth-order valence-corrected chi connectivity index (χ4v) is 3.28. The standard InChI is InChI=1S/C16H16FN5O/c17-12-4-1-3-11-13(5-7-18-15(11)12)22-8-2-6-16(23,10-22)14-9-19-21-20-14/h1,3-5,7,9,23H,2,6,8,10H2,(H,19,20,21). The molecule has 6 nitrogen and oxygen atoms in total. The second kappa shape index (κ2) is 5.27. The number of anilines is 1. The highest BCUT2D eigenvalue weighted by Crippen LogP contribution is 2.35. The minimum atomic E-state index is -1.06. The molecule has 0 bridgehead atoms. The Morgan fingerprint density at radius 2 is 2.22 bits per heavy atom. The number of aliphatic hydroxyl groups is 1. The van der Waals surface area contributed by atoms with Crippen molar-refractivity contribution in [2.24, 2.45) is 0 Å². The molecule has 1 aromatic carbocycles. The first-order valence-electron chi connectivity index (χ1n) is 7.54. The zero-order chi connectivity index (χ0) is 15.9. The lowest BCUT2D eigenvalue weighted by Crippen LogP contribution is -2.46. The molecule has 0 spiro atoms. The van der Waals surface area contributed by atoms with Crippen LogP contribution in [0.2, 0.25) is 0 Å². The van der Waals surface area contributed by atoms with Crippen molar-refractivity contribution < 1.29 is 9.50 Å². The van der Waals surface area contributed by atoms with Crippen molar-refractivity contribution in [3.63, 3.8) is 0 Å². The van der Waals surface area contributed by atoms with Gasteiger partial charge in [0, 0.05) is 23.8 Å². The number of para-hydroxylation sites is 1. The molecule has 1 saturated heterocycles. The largest absolute Gasteiger partial charge is 0.382 e. The van der Waals surface area contributed by atoms with Gasteiger partial charge in [-0.1, -0.05) is 12.1 Å². The van der Waals surface area contributed by atoms with Gasteiger partial charge >= 0.3 is 0 Å². The van der Waals surface area contributed by atoms with Crippen LogP contribution >= 0.6 is 0 Å². The van der Waals surface area contributed by atoms with Crippen molar-refractivity contribution in [1.29, 1.82) is 0 Å². The van der Waals surface area contributed by atoms with Crippen LogP contribution in [0.25, 0.3) is 10.9 Å². The van der Waals surface area contributed by atoms with Gasteiger partial charge in [0.2, 0.25) is 0 Å². The molecule has 1 unspecified atom stereocenters. The van der Waals surface area contributed by atoms with Gasteiger partial charge in [0.25, 0.3) is 0 Å². The molecule has 23 heavy (non-hydrogen) atoms. The van der Waals surface area contributed by atoms with Crippen LogP contribution in [0, 0.1) is 5.82 Å². The molecule has 0 amide bonds. The maximum Gasteiger partial charge on any atom is 0.149 e. The van der Waals surface area contributed by atoms with E-state index in [4.69, 9.17) is 0 Å². The monoisotopic (exact) mass is 313 g/mol. The molecule has 118 valence electrons. The van der Waals surface area contributed by atoms with Crippen LogP contribution in [0.1, 0.15) is 18.5 Å². The molecule has 0 aliphatic carbocycles. The first-order chi connectivity index (χ1) is 11.2. The summed E-state index contributed by atoms with van der Waals surface area (Å²) in [6.45, 7) is 1.17. The fourth-order valence-electron chi connectivity index (χ4n) is 3.28. The molecule has 3 aromatic rings. The number of fused-ring (bicyclic) bond motifs is 1. The highest BCUT2D eigenvalue weighted by molar-refractivity contribution is 5.91. The summed E-state index contributed by atoms with van der Waals surface area (Å²) in [5, 5.41) is 22.0. The van der Waals surface area contributed by atoms with E-state index in [2.05, 4.69) is 25.3 Å². The quantitative estimate of drug-likeness (QED) is 0.756. The number of aromatic nitrogens is 4. The van der Waals surface area contributed by atoms with Gasteiger partial charge in [-0.15, -0.1) is 0 Å². The molecule has 0 radical (unpaired) electrons. The highest BCUT2D eigenvalue weighted by Gasteiger charge is 2.37. The number of aromatic amines is 1. The van der Waals surface area contributed by atoms with Gasteiger partial charge in [0.15, 0.2) is 0 Å². The maximum atomic E-state index is 14.0. The van der Waals surface area contributed by atoms with Crippen molar-refractivity contribution in [3.05, 3.63) is 48.2 Å². The minimum Gasteiger partial charge on any atom is -0.382 e. The summed E-state index contributed by atoms with van der Waals surface area (Å²) in [6, 6.07) is 6.79. The third-order valence-corrected chi connectivity index (χ3v) is 4.40. The van der Waals surface area contributed by atoms with E-state index in [1.807, 2.05) is 12.1 Å². The summed E-state index contributed by atoms with van der Waals surface area (Å²) in [5.41, 5.74) is 0.692. The van der Waals surface area contributed by atoms with Crippen molar-refractivity contribution >= 4 is 16.6 Å². The van der Waals surface area contributed by atoms with Crippen LogP contribution in [0.4, 0.5) is 10.1 Å². The van der Waals surface area contributed by atoms with Crippen molar-refractivity contribution in [2.75, 3.05) is 18.0 Å². The average molecular weight is 313 g/mol. The lowest BCUT2D eigenvalue weighted by Gasteiger charge is -2.39.